The minimum atomic E-state index is -0.245. The number of amides is 4. The van der Waals surface area contributed by atoms with Crippen LogP contribution in [0, 0.1) is 0 Å². The molecule has 0 fully saturated rings. The Labute approximate surface area is 225 Å². The maximum Gasteiger partial charge on any atom is 0.223 e. The van der Waals surface area contributed by atoms with Crippen molar-refractivity contribution >= 4 is 57.4 Å². The minimum absolute atomic E-state index is 0.0554. The lowest BCUT2D eigenvalue weighted by Crippen LogP contribution is -2.30. The molecule has 0 heterocycles. The highest BCUT2D eigenvalue weighted by atomic mass is 32.2. The molecule has 0 aliphatic heterocycles. The fourth-order valence-electron chi connectivity index (χ4n) is 2.32. The quantitative estimate of drug-likeness (QED) is 0.314. The molecule has 0 aliphatic carbocycles. The summed E-state index contributed by atoms with van der Waals surface area (Å²) >= 11 is 2.23. The number of rotatable bonds is 15. The van der Waals surface area contributed by atoms with Crippen LogP contribution in [0.4, 0.5) is 0 Å². The van der Waals surface area contributed by atoms with Gasteiger partial charge in [0.25, 0.3) is 0 Å². The molecule has 0 saturated carbocycles. The van der Waals surface area contributed by atoms with Crippen molar-refractivity contribution in [3.63, 3.8) is 0 Å². The van der Waals surface area contributed by atoms with Crippen LogP contribution in [0.15, 0.2) is 0 Å². The van der Waals surface area contributed by atoms with Gasteiger partial charge in [-0.15, -0.1) is 0 Å². The van der Waals surface area contributed by atoms with Crippen LogP contribution in [0.5, 0.6) is 0 Å². The van der Waals surface area contributed by atoms with Crippen LogP contribution in [0.2, 0.25) is 0 Å². The molecule has 10 nitrogen and oxygen atoms in total. The molecule has 0 aromatic rings. The Morgan fingerprint density at radius 2 is 0.778 bits per heavy atom. The van der Waals surface area contributed by atoms with E-state index in [2.05, 4.69) is 11.5 Å². The second-order valence-corrected chi connectivity index (χ2v) is 9.52. The van der Waals surface area contributed by atoms with Crippen LogP contribution in [0.1, 0.15) is 80.1 Å². The van der Waals surface area contributed by atoms with Crippen molar-refractivity contribution in [2.24, 2.45) is 11.5 Å². The Balaban J connectivity index is -0.000000910. The van der Waals surface area contributed by atoms with Gasteiger partial charge in [-0.1, -0.05) is 37.4 Å². The van der Waals surface area contributed by atoms with Crippen molar-refractivity contribution in [3.8, 4) is 0 Å². The average molecular weight is 551 g/mol. The smallest absolute Gasteiger partial charge is 0.223 e. The molecule has 0 atom stereocenters. The van der Waals surface area contributed by atoms with Gasteiger partial charge in [-0.05, 0) is 27.7 Å². The van der Waals surface area contributed by atoms with E-state index < -0.39 is 0 Å². The summed E-state index contributed by atoms with van der Waals surface area (Å²) in [6.07, 6.45) is 1.93. The molecular weight excluding hydrogens is 504 g/mol. The number of carbonyl (C=O) groups is 6. The third-order valence-electron chi connectivity index (χ3n) is 4.62. The SMILES string of the molecule is CCC(N)=O.CCC(N)=O.CCN(CC)C(=O)CCSC(=O)CCC(=O)SCCC(=O)N(CC)CC. The summed E-state index contributed by atoms with van der Waals surface area (Å²) in [5, 5.41) is -0.129. The summed E-state index contributed by atoms with van der Waals surface area (Å²) in [5.41, 5.74) is 9.31. The Kier molecular flexibility index (Phi) is 27.8. The lowest BCUT2D eigenvalue weighted by atomic mass is 10.3. The predicted molar refractivity (Wildman–Crippen MR) is 148 cm³/mol. The molecule has 0 spiro atoms. The van der Waals surface area contributed by atoms with Crippen molar-refractivity contribution in [1.82, 2.24) is 9.80 Å². The number of primary amides is 2. The summed E-state index contributed by atoms with van der Waals surface area (Å²) in [5.74, 6) is 0.525. The average Bonchev–Trinajstić information content (AvgIpc) is 2.85. The summed E-state index contributed by atoms with van der Waals surface area (Å²) in [4.78, 5) is 69.9. The molecule has 12 heteroatoms. The van der Waals surface area contributed by atoms with E-state index in [1.165, 1.54) is 0 Å². The van der Waals surface area contributed by atoms with Crippen LogP contribution < -0.4 is 11.5 Å². The monoisotopic (exact) mass is 550 g/mol. The van der Waals surface area contributed by atoms with Crippen molar-refractivity contribution < 1.29 is 28.8 Å². The number of nitrogens with zero attached hydrogens (tertiary/aromatic N) is 2. The highest BCUT2D eigenvalue weighted by molar-refractivity contribution is 8.14. The van der Waals surface area contributed by atoms with Gasteiger partial charge in [0.1, 0.15) is 0 Å². The van der Waals surface area contributed by atoms with Crippen LogP contribution in [-0.4, -0.2) is 81.3 Å². The van der Waals surface area contributed by atoms with Crippen LogP contribution in [0.25, 0.3) is 0 Å². The maximum absolute atomic E-state index is 11.8. The van der Waals surface area contributed by atoms with E-state index in [-0.39, 0.29) is 46.7 Å². The van der Waals surface area contributed by atoms with Crippen LogP contribution in [0.3, 0.4) is 0 Å². The lowest BCUT2D eigenvalue weighted by Gasteiger charge is -2.18. The van der Waals surface area contributed by atoms with Gasteiger partial charge < -0.3 is 21.3 Å². The predicted octanol–water partition coefficient (Wildman–Crippen LogP) is 2.57. The van der Waals surface area contributed by atoms with Crippen LogP contribution in [-0.2, 0) is 28.8 Å². The molecular formula is C24H46N4O6S2. The Hall–Kier alpha value is -2.08. The van der Waals surface area contributed by atoms with Crippen LogP contribution >= 0.6 is 23.5 Å². The molecule has 0 aromatic carbocycles. The number of carbonyl (C=O) groups excluding carboxylic acids is 6. The first-order valence-corrected chi connectivity index (χ1v) is 14.3. The lowest BCUT2D eigenvalue weighted by molar-refractivity contribution is -0.131. The summed E-state index contributed by atoms with van der Waals surface area (Å²) < 4.78 is 0. The highest BCUT2D eigenvalue weighted by Gasteiger charge is 2.14. The van der Waals surface area contributed by atoms with Gasteiger partial charge >= 0.3 is 0 Å². The van der Waals surface area contributed by atoms with Gasteiger partial charge in [-0.25, -0.2) is 0 Å². The molecule has 0 radical (unpaired) electrons. The zero-order chi connectivity index (χ0) is 28.5. The van der Waals surface area contributed by atoms with Crippen molar-refractivity contribution in [1.29, 1.82) is 0 Å². The molecule has 4 amide bonds. The highest BCUT2D eigenvalue weighted by Crippen LogP contribution is 2.15. The first-order valence-electron chi connectivity index (χ1n) is 12.4. The molecule has 0 aliphatic rings. The van der Waals surface area contributed by atoms with E-state index in [0.29, 0.717) is 63.4 Å². The van der Waals surface area contributed by atoms with E-state index in [1.54, 1.807) is 23.6 Å². The topological polar surface area (TPSA) is 161 Å². The van der Waals surface area contributed by atoms with Crippen molar-refractivity contribution in [3.05, 3.63) is 0 Å². The zero-order valence-corrected chi connectivity index (χ0v) is 24.4. The summed E-state index contributed by atoms with van der Waals surface area (Å²) in [6.45, 7) is 13.9. The Morgan fingerprint density at radius 1 is 0.528 bits per heavy atom. The Morgan fingerprint density at radius 3 is 0.972 bits per heavy atom. The van der Waals surface area contributed by atoms with Gasteiger partial charge in [0.2, 0.25) is 23.6 Å². The molecule has 0 aromatic heterocycles. The largest absolute Gasteiger partial charge is 0.370 e. The van der Waals surface area contributed by atoms with Crippen molar-refractivity contribution in [2.45, 2.75) is 80.1 Å². The fraction of sp³-hybridized carbons (Fsp3) is 0.750. The number of hydrogen-bond acceptors (Lipinski definition) is 8. The molecule has 210 valence electrons. The van der Waals surface area contributed by atoms with Gasteiger partial charge in [0.05, 0.1) is 0 Å². The Bertz CT molecular complexity index is 613. The number of nitrogens with two attached hydrogens (primary N) is 2. The second kappa shape index (κ2) is 26.0. The first-order chi connectivity index (χ1) is 16.9. The molecule has 36 heavy (non-hydrogen) atoms. The second-order valence-electron chi connectivity index (χ2n) is 7.21. The molecule has 0 unspecified atom stereocenters. The maximum atomic E-state index is 11.8. The number of thioether (sulfide) groups is 2. The normalized spacial score (nSPS) is 9.61. The first kappa shape index (κ1) is 38.5. The van der Waals surface area contributed by atoms with Gasteiger partial charge in [0, 0.05) is 76.2 Å². The summed E-state index contributed by atoms with van der Waals surface area (Å²) in [7, 11) is 0. The third-order valence-corrected chi connectivity index (χ3v) is 6.49. The molecule has 0 rings (SSSR count). The van der Waals surface area contributed by atoms with Crippen molar-refractivity contribution in [2.75, 3.05) is 37.7 Å². The van der Waals surface area contributed by atoms with E-state index in [4.69, 9.17) is 0 Å². The van der Waals surface area contributed by atoms with E-state index in [1.807, 2.05) is 27.7 Å². The van der Waals surface area contributed by atoms with E-state index in [9.17, 15) is 28.8 Å². The van der Waals surface area contributed by atoms with E-state index >= 15 is 0 Å². The van der Waals surface area contributed by atoms with Gasteiger partial charge in [-0.3, -0.25) is 28.8 Å². The fourth-order valence-corrected chi connectivity index (χ4v) is 3.82. The van der Waals surface area contributed by atoms with Gasteiger partial charge in [-0.2, -0.15) is 0 Å². The number of hydrogen-bond donors (Lipinski definition) is 2. The molecule has 0 bridgehead atoms. The molecule has 0 saturated heterocycles. The van der Waals surface area contributed by atoms with E-state index in [0.717, 1.165) is 23.5 Å². The molecule has 4 N–H and O–H groups in total. The minimum Gasteiger partial charge on any atom is -0.370 e. The standard InChI is InChI=1S/C18H32N2O4S2.2C3H7NO/c1-5-19(6-2)15(21)11-13-25-17(23)9-10-18(24)26-14-12-16(22)20(7-3)8-4;2*1-2-3(4)5/h5-14H2,1-4H3;2*2H2,1H3,(H2,4,5). The third kappa shape index (κ3) is 25.0. The zero-order valence-electron chi connectivity index (χ0n) is 22.8. The summed E-state index contributed by atoms with van der Waals surface area (Å²) in [6, 6.07) is 0. The van der Waals surface area contributed by atoms with Gasteiger partial charge in [0.15, 0.2) is 10.2 Å².